The maximum absolute atomic E-state index is 10.1. The minimum Gasteiger partial charge on any atom is -0.299 e. The first-order valence-corrected chi connectivity index (χ1v) is 4.47. The first-order valence-electron chi connectivity index (χ1n) is 3.65. The maximum Gasteiger partial charge on any atom is 0.142 e. The van der Waals surface area contributed by atoms with Gasteiger partial charge in [0.15, 0.2) is 0 Å². The van der Waals surface area contributed by atoms with Crippen molar-refractivity contribution in [2.75, 3.05) is 0 Å². The van der Waals surface area contributed by atoms with Crippen LogP contribution in [0.25, 0.3) is 6.08 Å². The van der Waals surface area contributed by atoms with E-state index in [0.29, 0.717) is 6.29 Å². The minimum absolute atomic E-state index is 0.716. The highest BCUT2D eigenvalue weighted by atomic mass is 32.2. The summed E-state index contributed by atoms with van der Waals surface area (Å²) >= 11 is 1.09. The fourth-order valence-electron chi connectivity index (χ4n) is 0.903. The van der Waals surface area contributed by atoms with Gasteiger partial charge in [0.2, 0.25) is 0 Å². The Morgan fingerprint density at radius 3 is 2.85 bits per heavy atom. The maximum atomic E-state index is 10.1. The fraction of sp³-hybridized carbons (Fsp3) is 0. The monoisotopic (exact) mass is 189 g/mol. The third kappa shape index (κ3) is 2.77. The second-order valence-corrected chi connectivity index (χ2v) is 3.05. The van der Waals surface area contributed by atoms with Crippen LogP contribution in [-0.2, 0) is 4.79 Å². The predicted molar refractivity (Wildman–Crippen MR) is 53.0 cm³/mol. The Kier molecular flexibility index (Phi) is 3.80. The number of aldehydes is 1. The minimum atomic E-state index is 0.716. The lowest BCUT2D eigenvalue weighted by atomic mass is 10.2. The molecule has 0 heterocycles. The van der Waals surface area contributed by atoms with Crippen molar-refractivity contribution in [3.8, 4) is 5.40 Å². The largest absolute Gasteiger partial charge is 0.299 e. The highest BCUT2D eigenvalue weighted by Crippen LogP contribution is 2.22. The summed E-state index contributed by atoms with van der Waals surface area (Å²) in [6, 6.07) is 7.43. The predicted octanol–water partition coefficient (Wildman–Crippen LogP) is 2.47. The number of thioether (sulfide) groups is 1. The normalized spacial score (nSPS) is 9.77. The standard InChI is InChI=1S/C10H7NOS/c11-8-13-10-6-2-1-4-9(10)5-3-7-12/h1-7H/b5-3+. The van der Waals surface area contributed by atoms with Crippen molar-refractivity contribution in [3.63, 3.8) is 0 Å². The van der Waals surface area contributed by atoms with Gasteiger partial charge in [0.05, 0.1) is 0 Å². The van der Waals surface area contributed by atoms with Crippen molar-refractivity contribution in [3.05, 3.63) is 35.9 Å². The van der Waals surface area contributed by atoms with Gasteiger partial charge < -0.3 is 0 Å². The molecule has 0 aliphatic carbocycles. The highest BCUT2D eigenvalue weighted by molar-refractivity contribution is 8.03. The van der Waals surface area contributed by atoms with Gasteiger partial charge in [-0.2, -0.15) is 5.26 Å². The first-order chi connectivity index (χ1) is 6.38. The molecule has 1 aromatic carbocycles. The molecule has 0 amide bonds. The third-order valence-corrected chi connectivity index (χ3v) is 2.11. The molecule has 13 heavy (non-hydrogen) atoms. The summed E-state index contributed by atoms with van der Waals surface area (Å²) < 4.78 is 0. The fourth-order valence-corrected chi connectivity index (χ4v) is 1.40. The Hall–Kier alpha value is -1.53. The molecule has 64 valence electrons. The van der Waals surface area contributed by atoms with Gasteiger partial charge in [-0.05, 0) is 29.5 Å². The van der Waals surface area contributed by atoms with E-state index < -0.39 is 0 Å². The Bertz CT molecular complexity index is 365. The van der Waals surface area contributed by atoms with Gasteiger partial charge in [0, 0.05) is 4.90 Å². The van der Waals surface area contributed by atoms with Crippen LogP contribution in [0.3, 0.4) is 0 Å². The van der Waals surface area contributed by atoms with E-state index in [1.54, 1.807) is 6.08 Å². The van der Waals surface area contributed by atoms with Gasteiger partial charge in [0.1, 0.15) is 11.7 Å². The van der Waals surface area contributed by atoms with Crippen LogP contribution < -0.4 is 0 Å². The zero-order valence-electron chi connectivity index (χ0n) is 6.81. The lowest BCUT2D eigenvalue weighted by Crippen LogP contribution is -1.76. The van der Waals surface area contributed by atoms with E-state index in [1.807, 2.05) is 29.7 Å². The molecule has 0 atom stereocenters. The molecule has 1 rings (SSSR count). The van der Waals surface area contributed by atoms with E-state index in [9.17, 15) is 4.79 Å². The summed E-state index contributed by atoms with van der Waals surface area (Å²) in [7, 11) is 0. The molecule has 2 nitrogen and oxygen atoms in total. The van der Waals surface area contributed by atoms with Crippen LogP contribution in [-0.4, -0.2) is 6.29 Å². The third-order valence-electron chi connectivity index (χ3n) is 1.43. The van der Waals surface area contributed by atoms with E-state index in [2.05, 4.69) is 0 Å². The zero-order chi connectivity index (χ0) is 9.52. The summed E-state index contributed by atoms with van der Waals surface area (Å²) in [5.74, 6) is 0. The van der Waals surface area contributed by atoms with Crippen LogP contribution in [0.2, 0.25) is 0 Å². The molecule has 0 aliphatic rings. The molecule has 0 aliphatic heterocycles. The summed E-state index contributed by atoms with van der Waals surface area (Å²) in [5, 5.41) is 10.5. The van der Waals surface area contributed by atoms with E-state index in [-0.39, 0.29) is 0 Å². The van der Waals surface area contributed by atoms with Crippen molar-refractivity contribution < 1.29 is 4.79 Å². The lowest BCUT2D eigenvalue weighted by Gasteiger charge is -1.98. The number of rotatable bonds is 3. The number of carbonyl (C=O) groups excluding carboxylic acids is 1. The average molecular weight is 189 g/mol. The number of allylic oxidation sites excluding steroid dienone is 1. The number of hydrogen-bond acceptors (Lipinski definition) is 3. The van der Waals surface area contributed by atoms with Gasteiger partial charge in [-0.3, -0.25) is 4.79 Å². The molecule has 0 N–H and O–H groups in total. The molecular formula is C10H7NOS. The van der Waals surface area contributed by atoms with Crippen LogP contribution in [0.5, 0.6) is 0 Å². The topological polar surface area (TPSA) is 40.9 Å². The van der Waals surface area contributed by atoms with Gasteiger partial charge in [-0.1, -0.05) is 24.3 Å². The molecule has 0 bridgehead atoms. The van der Waals surface area contributed by atoms with E-state index >= 15 is 0 Å². The van der Waals surface area contributed by atoms with Crippen molar-refractivity contribution >= 4 is 24.1 Å². The quantitative estimate of drug-likeness (QED) is 0.317. The molecule has 3 heteroatoms. The van der Waals surface area contributed by atoms with Crippen molar-refractivity contribution in [2.24, 2.45) is 0 Å². The Morgan fingerprint density at radius 2 is 2.15 bits per heavy atom. The van der Waals surface area contributed by atoms with Crippen molar-refractivity contribution in [1.29, 1.82) is 5.26 Å². The smallest absolute Gasteiger partial charge is 0.142 e. The van der Waals surface area contributed by atoms with Gasteiger partial charge >= 0.3 is 0 Å². The van der Waals surface area contributed by atoms with E-state index in [0.717, 1.165) is 22.2 Å². The second-order valence-electron chi connectivity index (χ2n) is 2.23. The van der Waals surface area contributed by atoms with Gasteiger partial charge in [-0.25, -0.2) is 0 Å². The Labute approximate surface area is 80.9 Å². The number of hydrogen-bond donors (Lipinski definition) is 0. The number of benzene rings is 1. The Morgan fingerprint density at radius 1 is 1.38 bits per heavy atom. The van der Waals surface area contributed by atoms with Crippen LogP contribution >= 0.6 is 11.8 Å². The Balaban J connectivity index is 2.98. The van der Waals surface area contributed by atoms with E-state index in [1.165, 1.54) is 6.08 Å². The number of carbonyl (C=O) groups is 1. The molecular weight excluding hydrogens is 182 g/mol. The van der Waals surface area contributed by atoms with Gasteiger partial charge in [0.25, 0.3) is 0 Å². The molecule has 0 radical (unpaired) electrons. The molecule has 0 unspecified atom stereocenters. The number of nitriles is 1. The van der Waals surface area contributed by atoms with Crippen molar-refractivity contribution in [1.82, 2.24) is 0 Å². The van der Waals surface area contributed by atoms with Crippen LogP contribution in [0.15, 0.2) is 35.2 Å². The summed E-state index contributed by atoms with van der Waals surface area (Å²) in [6.45, 7) is 0. The molecule has 0 spiro atoms. The number of nitrogens with zero attached hydrogens (tertiary/aromatic N) is 1. The molecule has 0 aromatic heterocycles. The summed E-state index contributed by atoms with van der Waals surface area (Å²) in [6.07, 6.45) is 3.82. The van der Waals surface area contributed by atoms with Crippen LogP contribution in [0.1, 0.15) is 5.56 Å². The highest BCUT2D eigenvalue weighted by Gasteiger charge is 1.97. The molecule has 0 fully saturated rings. The van der Waals surface area contributed by atoms with E-state index in [4.69, 9.17) is 5.26 Å². The number of thiocyanates is 1. The molecule has 1 aromatic rings. The molecule has 0 saturated carbocycles. The average Bonchev–Trinajstić information content (AvgIpc) is 2.17. The first kappa shape index (κ1) is 9.56. The summed E-state index contributed by atoms with van der Waals surface area (Å²) in [4.78, 5) is 11.0. The molecule has 0 saturated heterocycles. The second kappa shape index (κ2) is 5.18. The van der Waals surface area contributed by atoms with Gasteiger partial charge in [-0.15, -0.1) is 0 Å². The van der Waals surface area contributed by atoms with Crippen LogP contribution in [0, 0.1) is 10.7 Å². The van der Waals surface area contributed by atoms with Crippen LogP contribution in [0.4, 0.5) is 0 Å². The summed E-state index contributed by atoms with van der Waals surface area (Å²) in [5.41, 5.74) is 0.890. The SMILES string of the molecule is N#CSc1ccccc1/C=C/C=O. The lowest BCUT2D eigenvalue weighted by molar-refractivity contribution is -0.104. The zero-order valence-corrected chi connectivity index (χ0v) is 7.62. The van der Waals surface area contributed by atoms with Crippen molar-refractivity contribution in [2.45, 2.75) is 4.90 Å².